The summed E-state index contributed by atoms with van der Waals surface area (Å²) < 4.78 is 1.78. The van der Waals surface area contributed by atoms with Gasteiger partial charge in [-0.25, -0.2) is 4.79 Å². The normalized spacial score (nSPS) is 10.0. The smallest absolute Gasteiger partial charge is 0.300 e. The first-order chi connectivity index (χ1) is 5.15. The average Bonchev–Trinajstić information content (AvgIpc) is 1.97. The van der Waals surface area contributed by atoms with E-state index in [2.05, 4.69) is 20.9 Å². The highest BCUT2D eigenvalue weighted by Gasteiger charge is 1.98. The Labute approximate surface area is 71.0 Å². The molecule has 1 N–H and O–H groups in total. The molecule has 0 unspecified atom stereocenters. The monoisotopic (exact) mass is 218 g/mol. The molecule has 5 heteroatoms. The lowest BCUT2D eigenvalue weighted by atomic mass is 10.6. The van der Waals surface area contributed by atoms with Crippen LogP contribution in [-0.2, 0) is 6.54 Å². The van der Waals surface area contributed by atoms with E-state index in [1.165, 1.54) is 10.8 Å². The third-order valence-electron chi connectivity index (χ3n) is 1.31. The van der Waals surface area contributed by atoms with Gasteiger partial charge < -0.3 is 0 Å². The zero-order valence-electron chi connectivity index (χ0n) is 5.93. The van der Waals surface area contributed by atoms with Crippen molar-refractivity contribution < 1.29 is 0 Å². The molecule has 0 saturated carbocycles. The molecule has 0 aromatic carbocycles. The molecular weight excluding hydrogens is 212 g/mol. The highest BCUT2D eigenvalue weighted by atomic mass is 79.9. The maximum atomic E-state index is 10.9. The minimum Gasteiger partial charge on any atom is -0.300 e. The summed E-state index contributed by atoms with van der Waals surface area (Å²) in [4.78, 5) is 23.9. The molecule has 0 spiro atoms. The third-order valence-corrected chi connectivity index (χ3v) is 1.87. The van der Waals surface area contributed by atoms with Gasteiger partial charge in [0.1, 0.15) is 0 Å². The van der Waals surface area contributed by atoms with Crippen LogP contribution in [0.3, 0.4) is 0 Å². The van der Waals surface area contributed by atoms with Crippen LogP contribution in [0.15, 0.2) is 20.3 Å². The van der Waals surface area contributed by atoms with Crippen molar-refractivity contribution in [1.82, 2.24) is 9.55 Å². The molecule has 11 heavy (non-hydrogen) atoms. The van der Waals surface area contributed by atoms with Crippen molar-refractivity contribution in [2.75, 3.05) is 0 Å². The van der Waals surface area contributed by atoms with E-state index in [1.54, 1.807) is 0 Å². The fraction of sp³-hybridized carbons (Fsp3) is 0.333. The summed E-state index contributed by atoms with van der Waals surface area (Å²) in [6, 6.07) is 0. The number of aromatic nitrogens is 2. The Balaban J connectivity index is 3.45. The molecule has 0 bridgehead atoms. The lowest BCUT2D eigenvalue weighted by molar-refractivity contribution is 0.689. The lowest BCUT2D eigenvalue weighted by Crippen LogP contribution is -2.29. The quantitative estimate of drug-likeness (QED) is 0.739. The zero-order valence-corrected chi connectivity index (χ0v) is 7.51. The van der Waals surface area contributed by atoms with Gasteiger partial charge in [0.05, 0.1) is 4.47 Å². The number of H-pyrrole nitrogens is 1. The molecule has 1 heterocycles. The largest absolute Gasteiger partial charge is 0.328 e. The second-order valence-electron chi connectivity index (χ2n) is 2.02. The summed E-state index contributed by atoms with van der Waals surface area (Å²) >= 11 is 3.02. The van der Waals surface area contributed by atoms with Crippen LogP contribution in [-0.4, -0.2) is 9.55 Å². The molecule has 0 aliphatic heterocycles. The Morgan fingerprint density at radius 3 is 2.82 bits per heavy atom. The molecule has 0 saturated heterocycles. The molecule has 60 valence electrons. The molecule has 0 aliphatic carbocycles. The Bertz CT molecular complexity index is 366. The van der Waals surface area contributed by atoms with Crippen molar-refractivity contribution in [3.05, 3.63) is 31.5 Å². The second kappa shape index (κ2) is 3.04. The Kier molecular flexibility index (Phi) is 2.28. The Hall–Kier alpha value is -0.840. The first-order valence-corrected chi connectivity index (χ1v) is 3.93. The maximum Gasteiger partial charge on any atom is 0.328 e. The Morgan fingerprint density at radius 2 is 2.27 bits per heavy atom. The van der Waals surface area contributed by atoms with Gasteiger partial charge in [-0.05, 0) is 22.9 Å². The van der Waals surface area contributed by atoms with Gasteiger partial charge >= 0.3 is 5.69 Å². The fourth-order valence-electron chi connectivity index (χ4n) is 0.718. The topological polar surface area (TPSA) is 54.9 Å². The van der Waals surface area contributed by atoms with Gasteiger partial charge in [-0.3, -0.25) is 14.3 Å². The first-order valence-electron chi connectivity index (χ1n) is 3.14. The molecule has 1 rings (SSSR count). The minimum atomic E-state index is -0.389. The number of aromatic amines is 1. The summed E-state index contributed by atoms with van der Waals surface area (Å²) in [5, 5.41) is 0. The van der Waals surface area contributed by atoms with Gasteiger partial charge in [0.2, 0.25) is 0 Å². The minimum absolute atomic E-state index is 0.374. The number of nitrogens with one attached hydrogen (secondary N) is 1. The molecule has 4 nitrogen and oxygen atoms in total. The van der Waals surface area contributed by atoms with Crippen LogP contribution in [0.5, 0.6) is 0 Å². The van der Waals surface area contributed by atoms with Crippen LogP contribution in [0.25, 0.3) is 0 Å². The van der Waals surface area contributed by atoms with Crippen molar-refractivity contribution in [2.45, 2.75) is 13.5 Å². The van der Waals surface area contributed by atoms with Crippen LogP contribution in [0.4, 0.5) is 0 Å². The predicted octanol–water partition coefficient (Wildman–Crippen LogP) is 0.319. The van der Waals surface area contributed by atoms with Gasteiger partial charge in [-0.2, -0.15) is 0 Å². The van der Waals surface area contributed by atoms with Gasteiger partial charge in [-0.15, -0.1) is 0 Å². The summed E-state index contributed by atoms with van der Waals surface area (Å²) in [7, 11) is 0. The lowest BCUT2D eigenvalue weighted by Gasteiger charge is -1.98. The second-order valence-corrected chi connectivity index (χ2v) is 2.88. The van der Waals surface area contributed by atoms with E-state index in [0.29, 0.717) is 11.0 Å². The molecular formula is C6H7BrN2O2. The molecule has 1 aromatic heterocycles. The van der Waals surface area contributed by atoms with E-state index in [-0.39, 0.29) is 11.2 Å². The number of nitrogens with zero attached hydrogens (tertiary/aromatic N) is 1. The maximum absolute atomic E-state index is 10.9. The van der Waals surface area contributed by atoms with Crippen molar-refractivity contribution in [3.8, 4) is 0 Å². The third kappa shape index (κ3) is 1.59. The van der Waals surface area contributed by atoms with E-state index in [0.717, 1.165) is 0 Å². The van der Waals surface area contributed by atoms with E-state index < -0.39 is 0 Å². The standard InChI is InChI=1S/C6H7BrN2O2/c1-2-9-3-4(7)5(10)8-6(9)11/h3H,2H2,1H3,(H,8,10,11). The molecule has 0 radical (unpaired) electrons. The average molecular weight is 219 g/mol. The number of hydrogen-bond acceptors (Lipinski definition) is 2. The van der Waals surface area contributed by atoms with Gasteiger partial charge in [0.25, 0.3) is 5.56 Å². The van der Waals surface area contributed by atoms with E-state index in [4.69, 9.17) is 0 Å². The highest BCUT2D eigenvalue weighted by molar-refractivity contribution is 9.10. The van der Waals surface area contributed by atoms with Crippen LogP contribution in [0, 0.1) is 0 Å². The summed E-state index contributed by atoms with van der Waals surface area (Å²) in [5.41, 5.74) is -0.764. The molecule has 0 amide bonds. The number of aryl methyl sites for hydroxylation is 1. The molecule has 0 aliphatic rings. The van der Waals surface area contributed by atoms with Crippen LogP contribution in [0.1, 0.15) is 6.92 Å². The number of hydrogen-bond donors (Lipinski definition) is 1. The fourth-order valence-corrected chi connectivity index (χ4v) is 1.06. The van der Waals surface area contributed by atoms with Crippen molar-refractivity contribution in [3.63, 3.8) is 0 Å². The van der Waals surface area contributed by atoms with Gasteiger partial charge in [-0.1, -0.05) is 0 Å². The van der Waals surface area contributed by atoms with E-state index in [9.17, 15) is 9.59 Å². The van der Waals surface area contributed by atoms with Crippen LogP contribution in [0.2, 0.25) is 0 Å². The SMILES string of the molecule is CCn1cc(Br)c(=O)[nH]c1=O. The van der Waals surface area contributed by atoms with Crippen molar-refractivity contribution >= 4 is 15.9 Å². The predicted molar refractivity (Wildman–Crippen MR) is 44.7 cm³/mol. The highest BCUT2D eigenvalue weighted by Crippen LogP contribution is 1.96. The van der Waals surface area contributed by atoms with Crippen molar-refractivity contribution in [2.24, 2.45) is 0 Å². The van der Waals surface area contributed by atoms with Gasteiger partial charge in [0, 0.05) is 12.7 Å². The summed E-state index contributed by atoms with van der Waals surface area (Å²) in [5.74, 6) is 0. The first kappa shape index (κ1) is 8.26. The summed E-state index contributed by atoms with van der Waals surface area (Å²) in [6.45, 7) is 2.38. The Morgan fingerprint density at radius 1 is 1.64 bits per heavy atom. The van der Waals surface area contributed by atoms with Crippen molar-refractivity contribution in [1.29, 1.82) is 0 Å². The van der Waals surface area contributed by atoms with Crippen LogP contribution >= 0.6 is 15.9 Å². The molecule has 0 fully saturated rings. The summed E-state index contributed by atoms with van der Waals surface area (Å²) in [6.07, 6.45) is 1.47. The van der Waals surface area contributed by atoms with E-state index in [1.807, 2.05) is 6.92 Å². The van der Waals surface area contributed by atoms with E-state index >= 15 is 0 Å². The van der Waals surface area contributed by atoms with Crippen LogP contribution < -0.4 is 11.2 Å². The van der Waals surface area contributed by atoms with Gasteiger partial charge in [0.15, 0.2) is 0 Å². The zero-order chi connectivity index (χ0) is 8.43. The number of rotatable bonds is 1. The molecule has 0 atom stereocenters. The molecule has 1 aromatic rings. The number of halogens is 1.